The van der Waals surface area contributed by atoms with Gasteiger partial charge in [0.25, 0.3) is 0 Å². The van der Waals surface area contributed by atoms with E-state index in [0.29, 0.717) is 0 Å². The lowest BCUT2D eigenvalue weighted by molar-refractivity contribution is 0.437. The van der Waals surface area contributed by atoms with Crippen LogP contribution in [0.15, 0.2) is 54.6 Å². The first kappa shape index (κ1) is 13.7. The van der Waals surface area contributed by atoms with Gasteiger partial charge in [0.1, 0.15) is 6.67 Å². The molecule has 0 heterocycles. The highest BCUT2D eigenvalue weighted by Crippen LogP contribution is 2.21. The van der Waals surface area contributed by atoms with Crippen LogP contribution in [0.3, 0.4) is 0 Å². The summed E-state index contributed by atoms with van der Waals surface area (Å²) in [5, 5.41) is 0. The molecule has 2 rings (SSSR count). The Morgan fingerprint density at radius 2 is 1.41 bits per heavy atom. The summed E-state index contributed by atoms with van der Waals surface area (Å²) in [5.74, 6) is 0. The number of rotatable bonds is 3. The molecule has 0 aliphatic carbocycles. The molecule has 0 amide bonds. The van der Waals surface area contributed by atoms with Crippen molar-refractivity contribution in [2.75, 3.05) is 6.67 Å². The smallest absolute Gasteiger partial charge is 0.109 e. The molecule has 0 radical (unpaired) electrons. The van der Waals surface area contributed by atoms with E-state index in [1.807, 2.05) is 54.6 Å². The summed E-state index contributed by atoms with van der Waals surface area (Å²) in [7, 11) is 0. The fraction of sp³-hybridized carbons (Fsp3) is 0.143. The van der Waals surface area contributed by atoms with Crippen molar-refractivity contribution in [3.8, 4) is 11.1 Å². The average molecular weight is 252 g/mol. The molecule has 90 valence electrons. The predicted molar refractivity (Wildman–Crippen MR) is 72.0 cm³/mol. The number of alkyl halides is 1. The second-order valence-corrected chi connectivity index (χ2v) is 3.75. The first-order valence-corrected chi connectivity index (χ1v) is 5.28. The lowest BCUT2D eigenvalue weighted by Crippen LogP contribution is -2.11. The van der Waals surface area contributed by atoms with Gasteiger partial charge in [0.05, 0.1) is 6.04 Å². The van der Waals surface area contributed by atoms with E-state index in [0.717, 1.165) is 16.7 Å². The van der Waals surface area contributed by atoms with Crippen LogP contribution in [0.5, 0.6) is 0 Å². The van der Waals surface area contributed by atoms with Gasteiger partial charge in [-0.05, 0) is 16.7 Å². The van der Waals surface area contributed by atoms with Crippen LogP contribution in [0.4, 0.5) is 4.39 Å². The van der Waals surface area contributed by atoms with Crippen LogP contribution in [0.2, 0.25) is 0 Å². The van der Waals surface area contributed by atoms with Crippen molar-refractivity contribution in [1.29, 1.82) is 0 Å². The van der Waals surface area contributed by atoms with Crippen LogP contribution in [0.1, 0.15) is 11.6 Å². The minimum Gasteiger partial charge on any atom is -0.322 e. The summed E-state index contributed by atoms with van der Waals surface area (Å²) in [5.41, 5.74) is 8.72. The summed E-state index contributed by atoms with van der Waals surface area (Å²) in [6.45, 7) is -0.523. The van der Waals surface area contributed by atoms with Crippen LogP contribution in [-0.2, 0) is 0 Å². The molecule has 1 atom stereocenters. The van der Waals surface area contributed by atoms with E-state index < -0.39 is 12.7 Å². The molecule has 0 fully saturated rings. The quantitative estimate of drug-likeness (QED) is 0.884. The Kier molecular flexibility index (Phi) is 5.13. The molecule has 0 aliphatic heterocycles. The molecule has 2 aromatic carbocycles. The first-order chi connectivity index (χ1) is 7.81. The standard InChI is InChI=1S/C14H14FN.ClH/c15-10-14(16)13-8-6-12(7-9-13)11-4-2-1-3-5-11;/h1-9,14H,10,16H2;1H/t14-;/m1./s1. The molecule has 2 aromatic rings. The molecule has 1 nitrogen and oxygen atoms in total. The van der Waals surface area contributed by atoms with Crippen molar-refractivity contribution >= 4 is 12.4 Å². The van der Waals surface area contributed by atoms with Crippen molar-refractivity contribution in [1.82, 2.24) is 0 Å². The molecule has 2 N–H and O–H groups in total. The fourth-order valence-corrected chi connectivity index (χ4v) is 1.64. The maximum absolute atomic E-state index is 12.4. The molecular weight excluding hydrogens is 237 g/mol. The van der Waals surface area contributed by atoms with Gasteiger partial charge in [-0.2, -0.15) is 0 Å². The van der Waals surface area contributed by atoms with Crippen molar-refractivity contribution in [3.63, 3.8) is 0 Å². The first-order valence-electron chi connectivity index (χ1n) is 5.28. The van der Waals surface area contributed by atoms with Crippen molar-refractivity contribution in [2.45, 2.75) is 6.04 Å². The monoisotopic (exact) mass is 251 g/mol. The van der Waals surface area contributed by atoms with E-state index in [1.165, 1.54) is 0 Å². The van der Waals surface area contributed by atoms with Gasteiger partial charge in [-0.1, -0.05) is 54.6 Å². The number of hydrogen-bond donors (Lipinski definition) is 1. The minimum absolute atomic E-state index is 0. The van der Waals surface area contributed by atoms with E-state index in [1.54, 1.807) is 0 Å². The second kappa shape index (κ2) is 6.38. The molecule has 0 unspecified atom stereocenters. The molecular formula is C14H15ClFN. The summed E-state index contributed by atoms with van der Waals surface area (Å²) in [6.07, 6.45) is 0. The highest BCUT2D eigenvalue weighted by molar-refractivity contribution is 5.85. The van der Waals surface area contributed by atoms with E-state index in [4.69, 9.17) is 5.73 Å². The minimum atomic E-state index is -0.523. The van der Waals surface area contributed by atoms with Gasteiger partial charge >= 0.3 is 0 Å². The molecule has 17 heavy (non-hydrogen) atoms. The number of hydrogen-bond acceptors (Lipinski definition) is 1. The molecule has 0 aromatic heterocycles. The lowest BCUT2D eigenvalue weighted by Gasteiger charge is -2.08. The maximum atomic E-state index is 12.4. The third kappa shape index (κ3) is 3.29. The van der Waals surface area contributed by atoms with E-state index >= 15 is 0 Å². The third-order valence-electron chi connectivity index (χ3n) is 2.61. The van der Waals surface area contributed by atoms with E-state index in [2.05, 4.69) is 0 Å². The van der Waals surface area contributed by atoms with Crippen LogP contribution in [0.25, 0.3) is 11.1 Å². The van der Waals surface area contributed by atoms with Gasteiger partial charge in [0.2, 0.25) is 0 Å². The van der Waals surface area contributed by atoms with E-state index in [9.17, 15) is 4.39 Å². The van der Waals surface area contributed by atoms with Crippen molar-refractivity contribution in [2.24, 2.45) is 5.73 Å². The SMILES string of the molecule is Cl.N[C@H](CF)c1ccc(-c2ccccc2)cc1. The molecule has 0 bridgehead atoms. The van der Waals surface area contributed by atoms with E-state index in [-0.39, 0.29) is 12.4 Å². The van der Waals surface area contributed by atoms with Crippen LogP contribution < -0.4 is 5.73 Å². The Bertz CT molecular complexity index is 442. The predicted octanol–water partition coefficient (Wildman–Crippen LogP) is 3.74. The maximum Gasteiger partial charge on any atom is 0.109 e. The Labute approximate surface area is 107 Å². The van der Waals surface area contributed by atoms with Gasteiger partial charge in [-0.3, -0.25) is 0 Å². The highest BCUT2D eigenvalue weighted by Gasteiger charge is 2.04. The number of halogens is 2. The summed E-state index contributed by atoms with van der Waals surface area (Å²) in [6, 6.07) is 17.3. The highest BCUT2D eigenvalue weighted by atomic mass is 35.5. The van der Waals surface area contributed by atoms with Gasteiger partial charge in [-0.15, -0.1) is 12.4 Å². The largest absolute Gasteiger partial charge is 0.322 e. The average Bonchev–Trinajstić information content (AvgIpc) is 2.39. The van der Waals surface area contributed by atoms with Gasteiger partial charge < -0.3 is 5.73 Å². The Morgan fingerprint density at radius 3 is 1.94 bits per heavy atom. The molecule has 3 heteroatoms. The zero-order valence-electron chi connectivity index (χ0n) is 9.34. The Morgan fingerprint density at radius 1 is 0.882 bits per heavy atom. The van der Waals surface area contributed by atoms with Crippen LogP contribution in [-0.4, -0.2) is 6.67 Å². The van der Waals surface area contributed by atoms with Crippen LogP contribution >= 0.6 is 12.4 Å². The molecule has 0 saturated carbocycles. The molecule has 0 saturated heterocycles. The van der Waals surface area contributed by atoms with Crippen LogP contribution in [0, 0.1) is 0 Å². The third-order valence-corrected chi connectivity index (χ3v) is 2.61. The lowest BCUT2D eigenvalue weighted by atomic mass is 10.0. The molecule has 0 aliphatic rings. The van der Waals surface area contributed by atoms with Gasteiger partial charge in [-0.25, -0.2) is 4.39 Å². The van der Waals surface area contributed by atoms with Crippen molar-refractivity contribution in [3.05, 3.63) is 60.2 Å². The summed E-state index contributed by atoms with van der Waals surface area (Å²) >= 11 is 0. The topological polar surface area (TPSA) is 26.0 Å². The summed E-state index contributed by atoms with van der Waals surface area (Å²) in [4.78, 5) is 0. The van der Waals surface area contributed by atoms with Gasteiger partial charge in [0, 0.05) is 0 Å². The zero-order valence-corrected chi connectivity index (χ0v) is 10.2. The molecule has 0 spiro atoms. The Balaban J connectivity index is 0.00000144. The normalized spacial score (nSPS) is 11.6. The van der Waals surface area contributed by atoms with Gasteiger partial charge in [0.15, 0.2) is 0 Å². The van der Waals surface area contributed by atoms with Crippen molar-refractivity contribution < 1.29 is 4.39 Å². The second-order valence-electron chi connectivity index (χ2n) is 3.75. The fourth-order valence-electron chi connectivity index (χ4n) is 1.64. The number of nitrogens with two attached hydrogens (primary N) is 1. The zero-order chi connectivity index (χ0) is 11.4. The Hall–Kier alpha value is -1.38. The number of benzene rings is 2. The summed E-state index contributed by atoms with van der Waals surface area (Å²) < 4.78 is 12.4.